The van der Waals surface area contributed by atoms with Crippen LogP contribution >= 0.6 is 0 Å². The number of rotatable bonds is 7. The van der Waals surface area contributed by atoms with Gasteiger partial charge < -0.3 is 20.1 Å². The number of piperazine rings is 1. The highest BCUT2D eigenvalue weighted by Gasteiger charge is 2.41. The molecule has 0 spiro atoms. The number of terminal acetylenes is 1. The highest BCUT2D eigenvalue weighted by atomic mass is 19.1. The fourth-order valence-electron chi connectivity index (χ4n) is 8.35. The third-order valence-electron chi connectivity index (χ3n) is 10.9. The number of hydrogen-bond acceptors (Lipinski definition) is 8. The van der Waals surface area contributed by atoms with Crippen molar-refractivity contribution < 1.29 is 23.0 Å². The highest BCUT2D eigenvalue weighted by molar-refractivity contribution is 6.03. The van der Waals surface area contributed by atoms with E-state index < -0.39 is 17.8 Å². The molecule has 2 aromatic heterocycles. The first-order chi connectivity index (χ1) is 23.7. The van der Waals surface area contributed by atoms with E-state index in [0.29, 0.717) is 62.2 Å². The van der Waals surface area contributed by atoms with Crippen molar-refractivity contribution in [1.29, 1.82) is 0 Å². The molecule has 1 aliphatic carbocycles. The van der Waals surface area contributed by atoms with Crippen LogP contribution in [-0.4, -0.2) is 82.5 Å². The Morgan fingerprint density at radius 2 is 1.80 bits per heavy atom. The molecule has 4 atom stereocenters. The maximum atomic E-state index is 16.9. The number of likely N-dealkylation sites (tertiary alicyclic amines) is 1. The van der Waals surface area contributed by atoms with Crippen LogP contribution in [0.1, 0.15) is 44.1 Å². The zero-order valence-corrected chi connectivity index (χ0v) is 27.3. The number of ether oxygens (including phenoxy) is 1. The van der Waals surface area contributed by atoms with E-state index in [1.807, 2.05) is 0 Å². The van der Waals surface area contributed by atoms with Crippen LogP contribution in [0, 0.1) is 35.8 Å². The summed E-state index contributed by atoms with van der Waals surface area (Å²) < 4.78 is 51.6. The minimum atomic E-state index is -0.765. The summed E-state index contributed by atoms with van der Waals surface area (Å²) >= 11 is 0. The van der Waals surface area contributed by atoms with Crippen LogP contribution in [0.5, 0.6) is 11.8 Å². The Morgan fingerprint density at radius 3 is 2.49 bits per heavy atom. The molecule has 4 unspecified atom stereocenters. The molecule has 4 aromatic rings. The van der Waals surface area contributed by atoms with E-state index in [1.165, 1.54) is 37.1 Å². The Kier molecular flexibility index (Phi) is 8.32. The van der Waals surface area contributed by atoms with E-state index in [4.69, 9.17) is 16.1 Å². The van der Waals surface area contributed by atoms with Crippen molar-refractivity contribution in [2.75, 3.05) is 44.2 Å². The molecule has 8 rings (SSSR count). The zero-order chi connectivity index (χ0) is 33.8. The first kappa shape index (κ1) is 31.8. The molecule has 3 aliphatic heterocycles. The summed E-state index contributed by atoms with van der Waals surface area (Å²) in [5.41, 5.74) is 0.748. The molecule has 8 nitrogen and oxygen atoms in total. The van der Waals surface area contributed by atoms with Crippen molar-refractivity contribution in [2.24, 2.45) is 11.8 Å². The van der Waals surface area contributed by atoms with Crippen LogP contribution in [0.15, 0.2) is 42.6 Å². The van der Waals surface area contributed by atoms with Crippen molar-refractivity contribution in [3.8, 4) is 35.4 Å². The zero-order valence-electron chi connectivity index (χ0n) is 27.3. The van der Waals surface area contributed by atoms with Gasteiger partial charge in [0.15, 0.2) is 5.82 Å². The maximum Gasteiger partial charge on any atom is 0.319 e. The van der Waals surface area contributed by atoms with Crippen LogP contribution in [-0.2, 0) is 0 Å². The van der Waals surface area contributed by atoms with E-state index in [1.54, 1.807) is 6.20 Å². The molecule has 4 fully saturated rings. The summed E-state index contributed by atoms with van der Waals surface area (Å²) in [5.74, 6) is 2.86. The molecule has 2 N–H and O–H groups in total. The number of hydrogen-bond donors (Lipinski definition) is 2. The van der Waals surface area contributed by atoms with Gasteiger partial charge in [0.25, 0.3) is 0 Å². The number of phenols is 1. The van der Waals surface area contributed by atoms with Gasteiger partial charge in [-0.25, -0.2) is 13.2 Å². The molecular weight excluding hydrogens is 629 g/mol. The number of nitrogens with one attached hydrogen (secondary N) is 1. The molecule has 4 aliphatic rings. The van der Waals surface area contributed by atoms with Crippen LogP contribution in [0.2, 0.25) is 0 Å². The SMILES string of the molecule is C#Cc1c(F)ccc2cc(O)cc(-c3ncc4c(N5CC6CC7CCC7CC(C5)N6)nc(OCC(=C)CN5CCC(F)CC5)nc4c3F)c12. The fourth-order valence-corrected chi connectivity index (χ4v) is 8.35. The average Bonchev–Trinajstić information content (AvgIpc) is 3.17. The van der Waals surface area contributed by atoms with Crippen molar-refractivity contribution in [3.63, 3.8) is 0 Å². The average molecular weight is 669 g/mol. The topological polar surface area (TPSA) is 86.6 Å². The lowest BCUT2D eigenvalue weighted by atomic mass is 9.69. The van der Waals surface area contributed by atoms with Crippen molar-refractivity contribution in [1.82, 2.24) is 25.2 Å². The lowest BCUT2D eigenvalue weighted by Crippen LogP contribution is -2.56. The van der Waals surface area contributed by atoms with Crippen LogP contribution < -0.4 is 15.0 Å². The van der Waals surface area contributed by atoms with E-state index in [9.17, 15) is 13.9 Å². The van der Waals surface area contributed by atoms with Gasteiger partial charge in [-0.05, 0) is 79.5 Å². The highest BCUT2D eigenvalue weighted by Crippen LogP contribution is 2.44. The summed E-state index contributed by atoms with van der Waals surface area (Å²) in [6, 6.07) is 6.07. The second kappa shape index (κ2) is 12.8. The second-order valence-electron chi connectivity index (χ2n) is 14.2. The Hall–Kier alpha value is -4.40. The molecule has 11 heteroatoms. The number of aromatic nitrogens is 3. The largest absolute Gasteiger partial charge is 0.508 e. The normalized spacial score (nSPS) is 24.2. The van der Waals surface area contributed by atoms with Gasteiger partial charge in [-0.15, -0.1) is 6.42 Å². The standard InChI is InChI=1S/C38H39F3N6O2/c1-3-29-32(40)7-6-24-14-28(48)15-30(33(24)29)35-34(41)36-31(16-42-35)37(47-18-26-12-22-4-5-23(22)13-27(19-47)43-26)45-38(44-36)49-20-21(2)17-46-10-8-25(39)9-11-46/h1,6-7,14-16,22-23,25-27,43,48H,2,4-5,8-13,17-20H2. The summed E-state index contributed by atoms with van der Waals surface area (Å²) in [6.45, 7) is 7.54. The first-order valence-electron chi connectivity index (χ1n) is 17.2. The van der Waals surface area contributed by atoms with E-state index in [2.05, 4.69) is 37.6 Å². The number of phenolic OH excluding ortho intramolecular Hbond substituents is 1. The Labute approximate surface area is 283 Å². The van der Waals surface area contributed by atoms with Gasteiger partial charge in [0, 0.05) is 62.0 Å². The molecule has 49 heavy (non-hydrogen) atoms. The molecule has 1 saturated carbocycles. The lowest BCUT2D eigenvalue weighted by molar-refractivity contribution is 0.156. The summed E-state index contributed by atoms with van der Waals surface area (Å²) in [6.07, 6.45) is 12.2. The molecule has 3 saturated heterocycles. The monoisotopic (exact) mass is 668 g/mol. The molecule has 254 valence electrons. The predicted molar refractivity (Wildman–Crippen MR) is 183 cm³/mol. The predicted octanol–water partition coefficient (Wildman–Crippen LogP) is 6.15. The van der Waals surface area contributed by atoms with E-state index in [-0.39, 0.29) is 58.2 Å². The van der Waals surface area contributed by atoms with Gasteiger partial charge in [-0.2, -0.15) is 9.97 Å². The van der Waals surface area contributed by atoms with Gasteiger partial charge in [-0.3, -0.25) is 9.88 Å². The number of halogens is 3. The van der Waals surface area contributed by atoms with E-state index >= 15 is 4.39 Å². The fraction of sp³-hybridized carbons (Fsp3) is 0.447. The van der Waals surface area contributed by atoms with Crippen molar-refractivity contribution in [2.45, 2.75) is 56.8 Å². The van der Waals surface area contributed by atoms with E-state index in [0.717, 1.165) is 30.3 Å². The Morgan fingerprint density at radius 1 is 1.06 bits per heavy atom. The third-order valence-corrected chi connectivity index (χ3v) is 10.9. The second-order valence-corrected chi connectivity index (χ2v) is 14.2. The first-order valence-corrected chi connectivity index (χ1v) is 17.2. The quantitative estimate of drug-likeness (QED) is 0.179. The number of nitrogens with zero attached hydrogens (tertiary/aromatic N) is 5. The van der Waals surface area contributed by atoms with Crippen molar-refractivity contribution >= 4 is 27.5 Å². The summed E-state index contributed by atoms with van der Waals surface area (Å²) in [4.78, 5) is 18.3. The molecule has 0 radical (unpaired) electrons. The molecule has 5 heterocycles. The van der Waals surface area contributed by atoms with Crippen LogP contribution in [0.25, 0.3) is 32.9 Å². The minimum Gasteiger partial charge on any atom is -0.508 e. The molecule has 0 amide bonds. The molecular formula is C38H39F3N6O2. The number of piperidine rings is 1. The smallest absolute Gasteiger partial charge is 0.319 e. The Bertz CT molecular complexity index is 1970. The number of aromatic hydroxyl groups is 1. The summed E-state index contributed by atoms with van der Waals surface area (Å²) in [7, 11) is 0. The summed E-state index contributed by atoms with van der Waals surface area (Å²) in [5, 5.41) is 15.5. The maximum absolute atomic E-state index is 16.9. The van der Waals surface area contributed by atoms with Crippen LogP contribution in [0.4, 0.5) is 19.0 Å². The van der Waals surface area contributed by atoms with Gasteiger partial charge >= 0.3 is 6.01 Å². The number of anilines is 1. The number of benzene rings is 2. The number of fused-ring (bicyclic) bond motifs is 5. The molecule has 2 bridgehead atoms. The van der Waals surface area contributed by atoms with Crippen molar-refractivity contribution in [3.05, 3.63) is 59.8 Å². The minimum absolute atomic E-state index is 0.000124. The van der Waals surface area contributed by atoms with Gasteiger partial charge in [0.05, 0.1) is 10.9 Å². The Balaban J connectivity index is 1.19. The van der Waals surface area contributed by atoms with Gasteiger partial charge in [0.2, 0.25) is 0 Å². The lowest BCUT2D eigenvalue weighted by Gasteiger charge is -2.38. The van der Waals surface area contributed by atoms with Crippen LogP contribution in [0.3, 0.4) is 0 Å². The number of alkyl halides is 1. The van der Waals surface area contributed by atoms with Gasteiger partial charge in [0.1, 0.15) is 41.4 Å². The third kappa shape index (κ3) is 6.06. The van der Waals surface area contributed by atoms with Gasteiger partial charge in [-0.1, -0.05) is 18.6 Å². The number of pyridine rings is 1. The molecule has 2 aromatic carbocycles.